The predicted molar refractivity (Wildman–Crippen MR) is 135 cm³/mol. The zero-order chi connectivity index (χ0) is 22.6. The molecule has 1 aromatic heterocycles. The Hall–Kier alpha value is -3.73. The average molecular weight is 440 g/mol. The number of ether oxygens (including phenoxy) is 1. The van der Waals surface area contributed by atoms with Gasteiger partial charge < -0.3 is 19.9 Å². The van der Waals surface area contributed by atoms with Gasteiger partial charge in [0.1, 0.15) is 5.75 Å². The molecule has 0 radical (unpaired) electrons. The van der Waals surface area contributed by atoms with E-state index in [1.807, 2.05) is 42.5 Å². The van der Waals surface area contributed by atoms with Gasteiger partial charge in [0, 0.05) is 36.1 Å². The Balaban J connectivity index is 1.37. The average Bonchev–Trinajstić information content (AvgIpc) is 3.51. The topological polar surface area (TPSA) is 57.4 Å². The van der Waals surface area contributed by atoms with Crippen molar-refractivity contribution in [1.82, 2.24) is 4.98 Å². The van der Waals surface area contributed by atoms with Gasteiger partial charge in [-0.3, -0.25) is 4.79 Å². The number of H-pyrrole nitrogens is 1. The minimum Gasteiger partial charge on any atom is -0.497 e. The Morgan fingerprint density at radius 2 is 1.70 bits per heavy atom. The molecule has 1 aliphatic heterocycles. The number of para-hydroxylation sites is 3. The molecule has 0 saturated carbocycles. The Bertz CT molecular complexity index is 1250. The highest BCUT2D eigenvalue weighted by molar-refractivity contribution is 5.96. The van der Waals surface area contributed by atoms with Crippen molar-refractivity contribution in [3.8, 4) is 17.0 Å². The van der Waals surface area contributed by atoms with E-state index in [1.165, 1.54) is 18.4 Å². The van der Waals surface area contributed by atoms with Crippen molar-refractivity contribution >= 4 is 28.2 Å². The Labute approximate surface area is 194 Å². The molecular weight excluding hydrogens is 410 g/mol. The van der Waals surface area contributed by atoms with Crippen molar-refractivity contribution < 1.29 is 9.53 Å². The van der Waals surface area contributed by atoms with Gasteiger partial charge in [-0.2, -0.15) is 0 Å². The smallest absolute Gasteiger partial charge is 0.224 e. The number of aryl methyl sites for hydroxylation is 1. The third-order valence-electron chi connectivity index (χ3n) is 6.42. The first-order valence-electron chi connectivity index (χ1n) is 11.6. The maximum Gasteiger partial charge on any atom is 0.224 e. The van der Waals surface area contributed by atoms with Gasteiger partial charge in [-0.05, 0) is 72.9 Å². The maximum absolute atomic E-state index is 13.0. The van der Waals surface area contributed by atoms with Gasteiger partial charge in [0.05, 0.1) is 18.5 Å². The normalized spacial score (nSPS) is 13.4. The summed E-state index contributed by atoms with van der Waals surface area (Å²) in [6.07, 6.45) is 3.48. The number of nitrogens with zero attached hydrogens (tertiary/aromatic N) is 1. The number of carbonyl (C=O) groups is 1. The van der Waals surface area contributed by atoms with E-state index < -0.39 is 0 Å². The van der Waals surface area contributed by atoms with Gasteiger partial charge in [0.25, 0.3) is 0 Å². The van der Waals surface area contributed by atoms with Gasteiger partial charge in [-0.15, -0.1) is 0 Å². The van der Waals surface area contributed by atoms with E-state index in [0.717, 1.165) is 52.4 Å². The highest BCUT2D eigenvalue weighted by atomic mass is 16.5. The van der Waals surface area contributed by atoms with Crippen LogP contribution in [0.5, 0.6) is 5.75 Å². The molecule has 0 aliphatic carbocycles. The number of fused-ring (bicyclic) bond motifs is 1. The predicted octanol–water partition coefficient (Wildman–Crippen LogP) is 6.02. The van der Waals surface area contributed by atoms with Crippen LogP contribution < -0.4 is 15.0 Å². The van der Waals surface area contributed by atoms with Crippen molar-refractivity contribution in [2.75, 3.05) is 30.4 Å². The molecule has 2 heterocycles. The van der Waals surface area contributed by atoms with Gasteiger partial charge in [-0.25, -0.2) is 0 Å². The molecule has 0 bridgehead atoms. The first-order valence-corrected chi connectivity index (χ1v) is 11.6. The summed E-state index contributed by atoms with van der Waals surface area (Å²) in [5.41, 5.74) is 6.41. The Morgan fingerprint density at radius 3 is 2.48 bits per heavy atom. The van der Waals surface area contributed by atoms with Crippen LogP contribution >= 0.6 is 0 Å². The molecule has 168 valence electrons. The van der Waals surface area contributed by atoms with Crippen LogP contribution in [0.4, 0.5) is 11.4 Å². The second-order valence-electron chi connectivity index (χ2n) is 8.51. The van der Waals surface area contributed by atoms with Crippen molar-refractivity contribution in [2.24, 2.45) is 0 Å². The Kier molecular flexibility index (Phi) is 6.03. The number of hydrogen-bond donors (Lipinski definition) is 2. The standard InChI is InChI=1S/C28H29N3O2/c1-33-21-14-12-20(13-15-21)28-23(22-8-2-3-9-24(22)30-28)16-17-27(32)29-25-10-4-5-11-26(25)31-18-6-7-19-31/h2-5,8-15,30H,6-7,16-19H2,1H3,(H,29,32). The van der Waals surface area contributed by atoms with Crippen LogP contribution in [0.15, 0.2) is 72.8 Å². The molecule has 2 N–H and O–H groups in total. The minimum atomic E-state index is 0.0348. The molecule has 33 heavy (non-hydrogen) atoms. The zero-order valence-corrected chi connectivity index (χ0v) is 18.9. The van der Waals surface area contributed by atoms with E-state index >= 15 is 0 Å². The fraction of sp³-hybridized carbons (Fsp3) is 0.250. The van der Waals surface area contributed by atoms with Gasteiger partial charge in [-0.1, -0.05) is 30.3 Å². The van der Waals surface area contributed by atoms with Crippen molar-refractivity contribution in [1.29, 1.82) is 0 Å². The number of benzene rings is 3. The highest BCUT2D eigenvalue weighted by Gasteiger charge is 2.18. The summed E-state index contributed by atoms with van der Waals surface area (Å²) in [6, 6.07) is 24.4. The molecule has 0 spiro atoms. The number of aromatic nitrogens is 1. The fourth-order valence-electron chi connectivity index (χ4n) is 4.73. The SMILES string of the molecule is COc1ccc(-c2[nH]c3ccccc3c2CCC(=O)Nc2ccccc2N2CCCC2)cc1. The molecule has 1 aliphatic rings. The second-order valence-corrected chi connectivity index (χ2v) is 8.51. The summed E-state index contributed by atoms with van der Waals surface area (Å²) in [6.45, 7) is 2.10. The number of aromatic amines is 1. The van der Waals surface area contributed by atoms with Crippen molar-refractivity contribution in [2.45, 2.75) is 25.7 Å². The largest absolute Gasteiger partial charge is 0.497 e. The zero-order valence-electron chi connectivity index (χ0n) is 18.9. The summed E-state index contributed by atoms with van der Waals surface area (Å²) in [5.74, 6) is 0.861. The summed E-state index contributed by atoms with van der Waals surface area (Å²) in [7, 11) is 1.67. The fourth-order valence-corrected chi connectivity index (χ4v) is 4.73. The van der Waals surface area contributed by atoms with Crippen LogP contribution in [0.3, 0.4) is 0 Å². The highest BCUT2D eigenvalue weighted by Crippen LogP contribution is 2.33. The van der Waals surface area contributed by atoms with E-state index in [2.05, 4.69) is 45.5 Å². The number of methoxy groups -OCH3 is 1. The van der Waals surface area contributed by atoms with Crippen LogP contribution in [-0.2, 0) is 11.2 Å². The molecule has 5 rings (SSSR count). The van der Waals surface area contributed by atoms with E-state index in [1.54, 1.807) is 7.11 Å². The number of hydrogen-bond acceptors (Lipinski definition) is 3. The molecule has 4 aromatic rings. The molecule has 1 fully saturated rings. The lowest BCUT2D eigenvalue weighted by molar-refractivity contribution is -0.116. The lowest BCUT2D eigenvalue weighted by atomic mass is 10.0. The molecule has 5 heteroatoms. The number of anilines is 2. The molecule has 5 nitrogen and oxygen atoms in total. The molecule has 0 unspecified atom stereocenters. The summed E-state index contributed by atoms with van der Waals surface area (Å²) >= 11 is 0. The van der Waals surface area contributed by atoms with Crippen molar-refractivity contribution in [3.63, 3.8) is 0 Å². The lowest BCUT2D eigenvalue weighted by Gasteiger charge is -2.21. The van der Waals surface area contributed by atoms with Gasteiger partial charge in [0.2, 0.25) is 5.91 Å². The van der Waals surface area contributed by atoms with Crippen LogP contribution in [-0.4, -0.2) is 31.1 Å². The summed E-state index contributed by atoms with van der Waals surface area (Å²) in [4.78, 5) is 18.9. The Morgan fingerprint density at radius 1 is 0.970 bits per heavy atom. The van der Waals surface area contributed by atoms with E-state index in [0.29, 0.717) is 12.8 Å². The number of rotatable bonds is 7. The quantitative estimate of drug-likeness (QED) is 0.370. The maximum atomic E-state index is 13.0. The van der Waals surface area contributed by atoms with E-state index in [9.17, 15) is 4.79 Å². The van der Waals surface area contributed by atoms with Crippen LogP contribution in [0.25, 0.3) is 22.2 Å². The molecule has 3 aromatic carbocycles. The van der Waals surface area contributed by atoms with E-state index in [-0.39, 0.29) is 5.91 Å². The number of carbonyl (C=O) groups excluding carboxylic acids is 1. The first-order chi connectivity index (χ1) is 16.2. The van der Waals surface area contributed by atoms with E-state index in [4.69, 9.17) is 4.74 Å². The summed E-state index contributed by atoms with van der Waals surface area (Å²) < 4.78 is 5.31. The van der Waals surface area contributed by atoms with Crippen LogP contribution in [0.2, 0.25) is 0 Å². The monoisotopic (exact) mass is 439 g/mol. The number of amides is 1. The molecule has 1 saturated heterocycles. The number of nitrogens with one attached hydrogen (secondary N) is 2. The molecule has 0 atom stereocenters. The molecular formula is C28H29N3O2. The molecule has 1 amide bonds. The summed E-state index contributed by atoms with van der Waals surface area (Å²) in [5, 5.41) is 4.33. The third-order valence-corrected chi connectivity index (χ3v) is 6.42. The van der Waals surface area contributed by atoms with Crippen molar-refractivity contribution in [3.05, 3.63) is 78.4 Å². The van der Waals surface area contributed by atoms with Gasteiger partial charge in [0.15, 0.2) is 0 Å². The van der Waals surface area contributed by atoms with Crippen LogP contribution in [0, 0.1) is 0 Å². The third kappa shape index (κ3) is 4.44. The minimum absolute atomic E-state index is 0.0348. The lowest BCUT2D eigenvalue weighted by Crippen LogP contribution is -2.21. The van der Waals surface area contributed by atoms with Crippen LogP contribution in [0.1, 0.15) is 24.8 Å². The van der Waals surface area contributed by atoms with Gasteiger partial charge >= 0.3 is 0 Å². The second kappa shape index (κ2) is 9.41. The first kappa shape index (κ1) is 21.1.